The predicted octanol–water partition coefficient (Wildman–Crippen LogP) is 0.252. The molecule has 0 amide bonds. The van der Waals surface area contributed by atoms with Crippen LogP contribution in [-0.4, -0.2) is 61.8 Å². The van der Waals surface area contributed by atoms with Gasteiger partial charge in [-0.15, -0.1) is 0 Å². The molecule has 0 heterocycles. The fourth-order valence-corrected chi connectivity index (χ4v) is 1.12. The summed E-state index contributed by atoms with van der Waals surface area (Å²) in [6.45, 7) is 6.51. The molecule has 0 atom stereocenters. The molecule has 74 valence electrons. The van der Waals surface area contributed by atoms with Gasteiger partial charge >= 0.3 is 0 Å². The van der Waals surface area contributed by atoms with Crippen LogP contribution in [0.2, 0.25) is 0 Å². The highest BCUT2D eigenvalue weighted by Crippen LogP contribution is 1.88. The molecule has 12 heavy (non-hydrogen) atoms. The van der Waals surface area contributed by atoms with Crippen molar-refractivity contribution in [1.29, 1.82) is 0 Å². The molecule has 0 saturated heterocycles. The smallest absolute Gasteiger partial charge is 0.0558 e. The Morgan fingerprint density at radius 1 is 0.917 bits per heavy atom. The fourth-order valence-electron chi connectivity index (χ4n) is 1.12. The van der Waals surface area contributed by atoms with Crippen molar-refractivity contribution in [1.82, 2.24) is 9.80 Å². The van der Waals surface area contributed by atoms with Crippen molar-refractivity contribution >= 4 is 0 Å². The highest BCUT2D eigenvalue weighted by Gasteiger charge is 1.99. The lowest BCUT2D eigenvalue weighted by atomic mass is 10.4. The Hall–Kier alpha value is -0.120. The van der Waals surface area contributed by atoms with E-state index in [1.165, 1.54) is 6.42 Å². The molecule has 0 aliphatic heterocycles. The second-order valence-corrected chi connectivity index (χ2v) is 3.33. The lowest BCUT2D eigenvalue weighted by molar-refractivity contribution is 0.202. The Labute approximate surface area is 76.0 Å². The molecule has 0 aromatic heterocycles. The molecule has 1 N–H and O–H groups in total. The summed E-state index contributed by atoms with van der Waals surface area (Å²) in [5.41, 5.74) is 0. The molecule has 0 aliphatic carbocycles. The summed E-state index contributed by atoms with van der Waals surface area (Å²) >= 11 is 0. The van der Waals surface area contributed by atoms with Gasteiger partial charge in [0.25, 0.3) is 0 Å². The van der Waals surface area contributed by atoms with E-state index < -0.39 is 0 Å². The number of aliphatic hydroxyl groups excluding tert-OH is 1. The van der Waals surface area contributed by atoms with Crippen molar-refractivity contribution in [2.45, 2.75) is 13.3 Å². The van der Waals surface area contributed by atoms with Crippen molar-refractivity contribution in [3.05, 3.63) is 0 Å². The number of hydrogen-bond donors (Lipinski definition) is 1. The first kappa shape index (κ1) is 11.9. The molecule has 3 nitrogen and oxygen atoms in total. The Morgan fingerprint density at radius 3 is 1.83 bits per heavy atom. The van der Waals surface area contributed by atoms with Crippen LogP contribution >= 0.6 is 0 Å². The summed E-state index contributed by atoms with van der Waals surface area (Å²) in [6.07, 6.45) is 1.21. The molecular formula is C9H22N2O. The molecule has 0 radical (unpaired) electrons. The zero-order valence-electron chi connectivity index (χ0n) is 8.58. The van der Waals surface area contributed by atoms with Crippen molar-refractivity contribution in [2.24, 2.45) is 0 Å². The summed E-state index contributed by atoms with van der Waals surface area (Å²) in [5.74, 6) is 0. The van der Waals surface area contributed by atoms with E-state index in [0.717, 1.165) is 26.2 Å². The maximum absolute atomic E-state index is 8.65. The highest BCUT2D eigenvalue weighted by molar-refractivity contribution is 4.55. The quantitative estimate of drug-likeness (QED) is 0.599. The van der Waals surface area contributed by atoms with Crippen molar-refractivity contribution in [3.63, 3.8) is 0 Å². The summed E-state index contributed by atoms with van der Waals surface area (Å²) < 4.78 is 0. The van der Waals surface area contributed by atoms with Gasteiger partial charge in [0.2, 0.25) is 0 Å². The minimum absolute atomic E-state index is 0.258. The minimum atomic E-state index is 0.258. The average Bonchev–Trinajstić information content (AvgIpc) is 2.02. The standard InChI is InChI=1S/C9H22N2O/c1-4-5-10(2)6-7-11(3)8-9-12/h12H,4-9H2,1-3H3. The van der Waals surface area contributed by atoms with Crippen molar-refractivity contribution in [3.8, 4) is 0 Å². The maximum atomic E-state index is 8.65. The van der Waals surface area contributed by atoms with Gasteiger partial charge in [-0.25, -0.2) is 0 Å². The van der Waals surface area contributed by atoms with E-state index in [2.05, 4.69) is 23.8 Å². The SMILES string of the molecule is CCCN(C)CCN(C)CCO. The number of hydrogen-bond acceptors (Lipinski definition) is 3. The van der Waals surface area contributed by atoms with Crippen LogP contribution in [0.25, 0.3) is 0 Å². The number of nitrogens with zero attached hydrogens (tertiary/aromatic N) is 2. The zero-order valence-corrected chi connectivity index (χ0v) is 8.58. The summed E-state index contributed by atoms with van der Waals surface area (Å²) in [4.78, 5) is 4.46. The second-order valence-electron chi connectivity index (χ2n) is 3.33. The molecule has 3 heteroatoms. The Balaban J connectivity index is 3.27. The highest BCUT2D eigenvalue weighted by atomic mass is 16.3. The van der Waals surface area contributed by atoms with Gasteiger partial charge in [-0.1, -0.05) is 6.92 Å². The van der Waals surface area contributed by atoms with Crippen LogP contribution in [0.15, 0.2) is 0 Å². The summed E-state index contributed by atoms with van der Waals surface area (Å²) in [6, 6.07) is 0. The van der Waals surface area contributed by atoms with Gasteiger partial charge in [-0.05, 0) is 27.1 Å². The molecular weight excluding hydrogens is 152 g/mol. The van der Waals surface area contributed by atoms with Crippen LogP contribution < -0.4 is 0 Å². The minimum Gasteiger partial charge on any atom is -0.395 e. The zero-order chi connectivity index (χ0) is 9.40. The van der Waals surface area contributed by atoms with Gasteiger partial charge in [0, 0.05) is 19.6 Å². The first-order valence-corrected chi connectivity index (χ1v) is 4.68. The van der Waals surface area contributed by atoms with E-state index in [9.17, 15) is 0 Å². The first-order valence-electron chi connectivity index (χ1n) is 4.68. The van der Waals surface area contributed by atoms with Crippen LogP contribution in [-0.2, 0) is 0 Å². The molecule has 0 rings (SSSR count). The van der Waals surface area contributed by atoms with E-state index in [1.54, 1.807) is 0 Å². The van der Waals surface area contributed by atoms with E-state index in [0.29, 0.717) is 0 Å². The average molecular weight is 174 g/mol. The van der Waals surface area contributed by atoms with E-state index in [-0.39, 0.29) is 6.61 Å². The molecule has 0 unspecified atom stereocenters. The van der Waals surface area contributed by atoms with Gasteiger partial charge in [0.1, 0.15) is 0 Å². The monoisotopic (exact) mass is 174 g/mol. The summed E-state index contributed by atoms with van der Waals surface area (Å²) in [5, 5.41) is 8.65. The van der Waals surface area contributed by atoms with Crippen molar-refractivity contribution < 1.29 is 5.11 Å². The third-order valence-electron chi connectivity index (χ3n) is 1.95. The number of aliphatic hydroxyl groups is 1. The molecule has 0 spiro atoms. The van der Waals surface area contributed by atoms with Crippen LogP contribution in [0.5, 0.6) is 0 Å². The van der Waals surface area contributed by atoms with Crippen molar-refractivity contribution in [2.75, 3.05) is 46.9 Å². The number of rotatable bonds is 7. The lowest BCUT2D eigenvalue weighted by Gasteiger charge is -2.20. The second kappa shape index (κ2) is 7.53. The van der Waals surface area contributed by atoms with Gasteiger partial charge in [-0.3, -0.25) is 0 Å². The molecule has 0 saturated carbocycles. The molecule has 0 fully saturated rings. The normalized spacial score (nSPS) is 11.5. The molecule has 0 aromatic carbocycles. The molecule has 0 aromatic rings. The maximum Gasteiger partial charge on any atom is 0.0558 e. The third-order valence-corrected chi connectivity index (χ3v) is 1.95. The van der Waals surface area contributed by atoms with E-state index in [4.69, 9.17) is 5.11 Å². The topological polar surface area (TPSA) is 26.7 Å². The van der Waals surface area contributed by atoms with Gasteiger partial charge in [0.15, 0.2) is 0 Å². The lowest BCUT2D eigenvalue weighted by Crippen LogP contribution is -2.32. The Morgan fingerprint density at radius 2 is 1.42 bits per heavy atom. The van der Waals surface area contributed by atoms with E-state index >= 15 is 0 Å². The van der Waals surface area contributed by atoms with Gasteiger partial charge in [0.05, 0.1) is 6.61 Å². The van der Waals surface area contributed by atoms with Crippen LogP contribution in [0.3, 0.4) is 0 Å². The van der Waals surface area contributed by atoms with E-state index in [1.807, 2.05) is 7.05 Å². The molecule has 0 bridgehead atoms. The predicted molar refractivity (Wildman–Crippen MR) is 52.4 cm³/mol. The largest absolute Gasteiger partial charge is 0.395 e. The fraction of sp³-hybridized carbons (Fsp3) is 1.00. The Kier molecular flexibility index (Phi) is 7.45. The van der Waals surface area contributed by atoms with Gasteiger partial charge in [-0.2, -0.15) is 0 Å². The summed E-state index contributed by atoms with van der Waals surface area (Å²) in [7, 11) is 4.17. The van der Waals surface area contributed by atoms with Crippen LogP contribution in [0.1, 0.15) is 13.3 Å². The third kappa shape index (κ3) is 6.58. The van der Waals surface area contributed by atoms with Gasteiger partial charge < -0.3 is 14.9 Å². The first-order chi connectivity index (χ1) is 5.70. The van der Waals surface area contributed by atoms with Crippen LogP contribution in [0.4, 0.5) is 0 Å². The number of likely N-dealkylation sites (N-methyl/N-ethyl adjacent to an activating group) is 2. The van der Waals surface area contributed by atoms with Crippen LogP contribution in [0, 0.1) is 0 Å². The Bertz CT molecular complexity index is 86.5. The molecule has 0 aliphatic rings.